The molecule has 0 atom stereocenters. The zero-order chi connectivity index (χ0) is 19.1. The van der Waals surface area contributed by atoms with Crippen molar-refractivity contribution in [3.05, 3.63) is 78.1 Å². The summed E-state index contributed by atoms with van der Waals surface area (Å²) in [5.74, 6) is -0.542. The Labute approximate surface area is 153 Å². The highest BCUT2D eigenvalue weighted by atomic mass is 19.1. The smallest absolute Gasteiger partial charge is 0.243 e. The first-order valence-electron chi connectivity index (χ1n) is 8.14. The molecule has 0 heterocycles. The molecular formula is C21H22FN3O. The summed E-state index contributed by atoms with van der Waals surface area (Å²) in [6.45, 7) is 5.62. The zero-order valence-corrected chi connectivity index (χ0v) is 14.9. The number of nitrogens with two attached hydrogens (primary N) is 1. The summed E-state index contributed by atoms with van der Waals surface area (Å²) >= 11 is 0. The molecule has 134 valence electrons. The molecule has 2 aromatic rings. The Morgan fingerprint density at radius 2 is 1.88 bits per heavy atom. The number of rotatable bonds is 6. The highest BCUT2D eigenvalue weighted by Gasteiger charge is 2.09. The van der Waals surface area contributed by atoms with Gasteiger partial charge in [0, 0.05) is 30.6 Å². The molecule has 0 aliphatic rings. The number of carbonyl (C=O) groups is 1. The van der Waals surface area contributed by atoms with Crippen LogP contribution in [0.25, 0.3) is 16.8 Å². The first kappa shape index (κ1) is 19.1. The molecule has 4 nitrogen and oxygen atoms in total. The van der Waals surface area contributed by atoms with E-state index in [2.05, 4.69) is 16.9 Å². The fraction of sp³-hybridized carbons (Fsp3) is 0.143. The molecule has 1 amide bonds. The number of hydrogen-bond acceptors (Lipinski definition) is 3. The fourth-order valence-corrected chi connectivity index (χ4v) is 2.44. The number of hydrogen-bond donors (Lipinski definition) is 2. The lowest BCUT2D eigenvalue weighted by Crippen LogP contribution is -2.21. The molecule has 2 aromatic carbocycles. The highest BCUT2D eigenvalue weighted by molar-refractivity contribution is 5.99. The molecule has 0 saturated heterocycles. The Balaban J connectivity index is 2.47. The maximum Gasteiger partial charge on any atom is 0.243 e. The third-order valence-electron chi connectivity index (χ3n) is 3.95. The topological polar surface area (TPSA) is 67.5 Å². The van der Waals surface area contributed by atoms with Crippen LogP contribution in [0.3, 0.4) is 0 Å². The molecule has 3 N–H and O–H groups in total. The number of allylic oxidation sites excluding steroid dienone is 1. The minimum Gasteiger partial charge on any atom is -0.398 e. The second kappa shape index (κ2) is 8.76. The van der Waals surface area contributed by atoms with E-state index < -0.39 is 0 Å². The molecule has 0 saturated carbocycles. The summed E-state index contributed by atoms with van der Waals surface area (Å²) in [6.07, 6.45) is 3.00. The molecule has 0 aliphatic carbocycles. The van der Waals surface area contributed by atoms with Gasteiger partial charge in [-0.15, -0.1) is 0 Å². The summed E-state index contributed by atoms with van der Waals surface area (Å²) < 4.78 is 13.2. The lowest BCUT2D eigenvalue weighted by atomic mass is 9.96. The Morgan fingerprint density at radius 3 is 2.50 bits per heavy atom. The number of benzene rings is 2. The summed E-state index contributed by atoms with van der Waals surface area (Å²) in [5.41, 5.74) is 11.0. The fourth-order valence-electron chi connectivity index (χ4n) is 2.44. The number of nitrogens with zero attached hydrogens (tertiary/aromatic N) is 1. The molecule has 5 heteroatoms. The quantitative estimate of drug-likeness (QED) is 0.616. The van der Waals surface area contributed by atoms with Gasteiger partial charge in [-0.05, 0) is 54.0 Å². The summed E-state index contributed by atoms with van der Waals surface area (Å²) in [7, 11) is 1.69. The van der Waals surface area contributed by atoms with Crippen molar-refractivity contribution < 1.29 is 9.18 Å². The van der Waals surface area contributed by atoms with E-state index >= 15 is 0 Å². The average Bonchev–Trinajstić information content (AvgIpc) is 2.66. The monoisotopic (exact) mass is 351 g/mol. The minimum absolute atomic E-state index is 0.257. The van der Waals surface area contributed by atoms with Crippen molar-refractivity contribution >= 4 is 17.3 Å². The number of amides is 1. The van der Waals surface area contributed by atoms with Gasteiger partial charge in [0.15, 0.2) is 0 Å². The number of aliphatic imine (C=N–C) groups is 1. The molecule has 26 heavy (non-hydrogen) atoms. The van der Waals surface area contributed by atoms with Crippen LogP contribution >= 0.6 is 0 Å². The predicted molar refractivity (Wildman–Crippen MR) is 105 cm³/mol. The standard InChI is InChI=1S/C21H22FN3O/c1-4-21(26)25-13-17-6-5-16(15-7-9-18(22)10-8-15)12-19(17)20(23)11-14(2)24-3/h4-12H,1,13,23H2,2-3H3,(H,25,26)/b20-11-,24-14?. The van der Waals surface area contributed by atoms with E-state index in [4.69, 9.17) is 5.73 Å². The maximum absolute atomic E-state index is 13.2. The van der Waals surface area contributed by atoms with Gasteiger partial charge in [-0.2, -0.15) is 0 Å². The van der Waals surface area contributed by atoms with E-state index in [0.717, 1.165) is 28.0 Å². The average molecular weight is 351 g/mol. The van der Waals surface area contributed by atoms with Crippen molar-refractivity contribution in [3.8, 4) is 11.1 Å². The van der Waals surface area contributed by atoms with Crippen molar-refractivity contribution in [2.75, 3.05) is 7.05 Å². The molecule has 0 radical (unpaired) electrons. The van der Waals surface area contributed by atoms with Gasteiger partial charge < -0.3 is 11.1 Å². The lowest BCUT2D eigenvalue weighted by Gasteiger charge is -2.13. The minimum atomic E-state index is -0.285. The summed E-state index contributed by atoms with van der Waals surface area (Å²) in [5, 5.41) is 2.76. The van der Waals surface area contributed by atoms with Gasteiger partial charge in [-0.3, -0.25) is 9.79 Å². The van der Waals surface area contributed by atoms with E-state index in [1.54, 1.807) is 25.3 Å². The molecule has 0 unspecified atom stereocenters. The SMILES string of the molecule is C=CC(=O)NCc1ccc(-c2ccc(F)cc2)cc1/C(N)=C/C(C)=NC. The van der Waals surface area contributed by atoms with Crippen LogP contribution in [0.4, 0.5) is 4.39 Å². The van der Waals surface area contributed by atoms with Gasteiger partial charge in [0.1, 0.15) is 5.82 Å². The van der Waals surface area contributed by atoms with Gasteiger partial charge in [-0.25, -0.2) is 4.39 Å². The van der Waals surface area contributed by atoms with E-state index in [9.17, 15) is 9.18 Å². The van der Waals surface area contributed by atoms with Crippen molar-refractivity contribution in [3.63, 3.8) is 0 Å². The van der Waals surface area contributed by atoms with E-state index in [-0.39, 0.29) is 11.7 Å². The van der Waals surface area contributed by atoms with Crippen LogP contribution in [0.1, 0.15) is 18.1 Å². The van der Waals surface area contributed by atoms with Gasteiger partial charge >= 0.3 is 0 Å². The van der Waals surface area contributed by atoms with Crippen molar-refractivity contribution in [1.82, 2.24) is 5.32 Å². The molecule has 0 fully saturated rings. The first-order chi connectivity index (χ1) is 12.4. The highest BCUT2D eigenvalue weighted by Crippen LogP contribution is 2.26. The van der Waals surface area contributed by atoms with E-state index in [0.29, 0.717) is 12.2 Å². The lowest BCUT2D eigenvalue weighted by molar-refractivity contribution is -0.116. The Hall–Kier alpha value is -3.21. The van der Waals surface area contributed by atoms with Gasteiger partial charge in [-0.1, -0.05) is 30.8 Å². The number of carbonyl (C=O) groups excluding carboxylic acids is 1. The molecule has 0 aromatic heterocycles. The van der Waals surface area contributed by atoms with Crippen LogP contribution in [-0.4, -0.2) is 18.7 Å². The molecule has 0 spiro atoms. The van der Waals surface area contributed by atoms with Gasteiger partial charge in [0.2, 0.25) is 5.91 Å². The predicted octanol–water partition coefficient (Wildman–Crippen LogP) is 3.69. The van der Waals surface area contributed by atoms with Gasteiger partial charge in [0.25, 0.3) is 0 Å². The number of halogens is 1. The van der Waals surface area contributed by atoms with Crippen LogP contribution in [-0.2, 0) is 11.3 Å². The Morgan fingerprint density at radius 1 is 1.23 bits per heavy atom. The van der Waals surface area contributed by atoms with Crippen LogP contribution in [0.5, 0.6) is 0 Å². The normalized spacial score (nSPS) is 12.0. The summed E-state index contributed by atoms with van der Waals surface area (Å²) in [4.78, 5) is 15.6. The van der Waals surface area contributed by atoms with Crippen molar-refractivity contribution in [1.29, 1.82) is 0 Å². The second-order valence-electron chi connectivity index (χ2n) is 5.77. The largest absolute Gasteiger partial charge is 0.398 e. The third kappa shape index (κ3) is 4.89. The second-order valence-corrected chi connectivity index (χ2v) is 5.77. The van der Waals surface area contributed by atoms with Crippen LogP contribution in [0.15, 0.2) is 66.2 Å². The van der Waals surface area contributed by atoms with E-state index in [1.165, 1.54) is 18.2 Å². The van der Waals surface area contributed by atoms with Crippen LogP contribution in [0.2, 0.25) is 0 Å². The first-order valence-corrected chi connectivity index (χ1v) is 8.14. The van der Waals surface area contributed by atoms with Gasteiger partial charge in [0.05, 0.1) is 0 Å². The number of nitrogens with one attached hydrogen (secondary N) is 1. The summed E-state index contributed by atoms with van der Waals surface area (Å²) in [6, 6.07) is 12.0. The molecule has 2 rings (SSSR count). The Bertz CT molecular complexity index is 867. The third-order valence-corrected chi connectivity index (χ3v) is 3.95. The Kier molecular flexibility index (Phi) is 6.44. The van der Waals surface area contributed by atoms with Crippen LogP contribution < -0.4 is 11.1 Å². The van der Waals surface area contributed by atoms with Crippen LogP contribution in [0, 0.1) is 5.82 Å². The molecular weight excluding hydrogens is 329 g/mol. The van der Waals surface area contributed by atoms with E-state index in [1.807, 2.05) is 25.1 Å². The van der Waals surface area contributed by atoms with Crippen molar-refractivity contribution in [2.45, 2.75) is 13.5 Å². The molecule has 0 aliphatic heterocycles. The zero-order valence-electron chi connectivity index (χ0n) is 14.9. The maximum atomic E-state index is 13.2. The molecule has 0 bridgehead atoms. The van der Waals surface area contributed by atoms with Crippen molar-refractivity contribution in [2.24, 2.45) is 10.7 Å².